The number of amides is 2. The molecule has 0 bridgehead atoms. The number of carboxylic acid groups (broad SMARTS) is 1. The first kappa shape index (κ1) is 49.1. The average molecular weight is 912 g/mol. The molecule has 26 nitrogen and oxygen atoms in total. The second kappa shape index (κ2) is 20.3. The van der Waals surface area contributed by atoms with Gasteiger partial charge in [0.25, 0.3) is 0 Å². The summed E-state index contributed by atoms with van der Waals surface area (Å²) in [6.07, 6.45) is -7.98. The number of allylic oxidation sites excluding steroid dienone is 1. The number of nitrogens with two attached hydrogens (primary N) is 1. The molecule has 0 spiro atoms. The number of hydrogen-bond acceptors (Lipinski definition) is 19. The lowest BCUT2D eigenvalue weighted by molar-refractivity contribution is -0.144. The molecule has 3 heterocycles. The molecule has 3 unspecified atom stereocenters. The fraction of sp³-hybridized carbons (Fsp3) is 0.593. The number of nitrogens with zero attached hydrogens (tertiary/aromatic N) is 4. The number of nitrogens with one attached hydrogen (secondary N) is 2. The molecule has 2 aromatic heterocycles. The Morgan fingerprint density at radius 1 is 1.09 bits per heavy atom. The number of hydrogen-bond donors (Lipinski definition) is 10. The number of rotatable bonds is 23. The lowest BCUT2D eigenvalue weighted by Gasteiger charge is -2.30. The van der Waals surface area contributed by atoms with E-state index in [2.05, 4.69) is 41.0 Å². The molecule has 2 amide bonds. The Kier molecular flexibility index (Phi) is 17.2. The van der Waals surface area contributed by atoms with Gasteiger partial charge < -0.3 is 56.0 Å². The second-order valence-corrected chi connectivity index (χ2v) is 18.2. The summed E-state index contributed by atoms with van der Waals surface area (Å²) < 4.78 is 74.9. The van der Waals surface area contributed by atoms with Crippen LogP contribution in [-0.4, -0.2) is 134 Å². The van der Waals surface area contributed by atoms with Crippen LogP contribution in [0.3, 0.4) is 0 Å². The van der Waals surface area contributed by atoms with Crippen LogP contribution in [0.25, 0.3) is 11.2 Å². The minimum absolute atomic E-state index is 0.00926. The van der Waals surface area contributed by atoms with Gasteiger partial charge in [-0.3, -0.25) is 37.3 Å². The third kappa shape index (κ3) is 14.5. The standard InChI is InChI=1S/C27H41FN7O19P3S/c1-13(28)8-14(25(40)41)26(42)58-7-6-30-16(36)4-5-31-23(39)20(38)27(2,3)10-51-57(48,49)54-56(46,47)50-9-15-19(53-55(43,44)45)18(37)24(52-15)35-12-34-17-21(29)32-11-33-22(17)35/h11-12,14-15,18-20,24,37-38H,1,4-10H2,2-3H3,(H,30,36)(H,31,39)(H,40,41)(H,46,47)(H,48,49)(H2,29,32,33)(H2,43,44,45)/t14?,15-,18-,19-,20+,24-/m1/s1. The molecule has 1 aliphatic rings. The van der Waals surface area contributed by atoms with E-state index in [4.69, 9.17) is 24.6 Å². The van der Waals surface area contributed by atoms with Crippen LogP contribution in [0, 0.1) is 11.3 Å². The van der Waals surface area contributed by atoms with Gasteiger partial charge in [0.1, 0.15) is 42.2 Å². The highest BCUT2D eigenvalue weighted by atomic mass is 32.2. The molecular weight excluding hydrogens is 870 g/mol. The van der Waals surface area contributed by atoms with E-state index in [9.17, 15) is 67.1 Å². The van der Waals surface area contributed by atoms with Gasteiger partial charge in [-0.15, -0.1) is 0 Å². The molecule has 0 aliphatic carbocycles. The lowest BCUT2D eigenvalue weighted by Crippen LogP contribution is -2.46. The Hall–Kier alpha value is -3.30. The number of carboxylic acids is 1. The maximum Gasteiger partial charge on any atom is 0.481 e. The first-order valence-electron chi connectivity index (χ1n) is 16.3. The minimum atomic E-state index is -5.61. The van der Waals surface area contributed by atoms with Crippen LogP contribution in [0.5, 0.6) is 0 Å². The summed E-state index contributed by atoms with van der Waals surface area (Å²) in [6, 6.07) is 0. The van der Waals surface area contributed by atoms with Gasteiger partial charge in [-0.05, 0) is 0 Å². The number of aromatic nitrogens is 4. The third-order valence-corrected chi connectivity index (χ3v) is 11.8. The van der Waals surface area contributed by atoms with Crippen molar-refractivity contribution in [2.24, 2.45) is 11.3 Å². The van der Waals surface area contributed by atoms with E-state index in [-0.39, 0.29) is 42.2 Å². The Morgan fingerprint density at radius 2 is 1.74 bits per heavy atom. The largest absolute Gasteiger partial charge is 0.481 e. The topological polar surface area (TPSA) is 401 Å². The molecule has 0 radical (unpaired) electrons. The van der Waals surface area contributed by atoms with Crippen LogP contribution >= 0.6 is 35.2 Å². The smallest absolute Gasteiger partial charge is 0.481 e. The monoisotopic (exact) mass is 911 g/mol. The Bertz CT molecular complexity index is 1990. The number of aliphatic hydroxyl groups is 2. The first-order chi connectivity index (χ1) is 26.7. The molecule has 2 aromatic rings. The minimum Gasteiger partial charge on any atom is -0.481 e. The van der Waals surface area contributed by atoms with Gasteiger partial charge in [-0.2, -0.15) is 4.31 Å². The summed E-state index contributed by atoms with van der Waals surface area (Å²) in [4.78, 5) is 98.6. The Balaban J connectivity index is 1.48. The highest BCUT2D eigenvalue weighted by molar-refractivity contribution is 8.13. The zero-order chi connectivity index (χ0) is 43.8. The number of halogens is 1. The van der Waals surface area contributed by atoms with E-state index in [0.29, 0.717) is 11.8 Å². The van der Waals surface area contributed by atoms with E-state index < -0.39 is 114 Å². The number of imidazole rings is 1. The molecule has 8 atom stereocenters. The predicted octanol–water partition coefficient (Wildman–Crippen LogP) is -0.761. The number of nitrogen functional groups attached to an aromatic ring is 1. The molecule has 326 valence electrons. The Labute approximate surface area is 331 Å². The van der Waals surface area contributed by atoms with E-state index in [1.165, 1.54) is 13.8 Å². The number of phosphoric acid groups is 3. The molecule has 1 aliphatic heterocycles. The molecule has 58 heavy (non-hydrogen) atoms. The van der Waals surface area contributed by atoms with E-state index in [0.717, 1.165) is 17.2 Å². The number of thioether (sulfide) groups is 1. The summed E-state index contributed by atoms with van der Waals surface area (Å²) in [5.74, 6) is -5.94. The molecule has 0 saturated carbocycles. The number of aliphatic carboxylic acids is 1. The SMILES string of the molecule is C=C(F)CC(C(=O)O)C(=O)SCCNC(=O)CCNC(=O)[C@H](O)C(C)(C)COP(=O)(O)OP(=O)(O)OC[C@H]1O[C@@H](n2cnc3c(N)ncnc32)[C@H](O)[C@@H]1OP(=O)(O)O. The summed E-state index contributed by atoms with van der Waals surface area (Å²) in [6.45, 7) is 2.81. The van der Waals surface area contributed by atoms with Gasteiger partial charge in [0.15, 0.2) is 17.7 Å². The number of carbonyl (C=O) groups excluding carboxylic acids is 3. The summed E-state index contributed by atoms with van der Waals surface area (Å²) >= 11 is 0.560. The second-order valence-electron chi connectivity index (χ2n) is 12.8. The molecular formula is C27H41FN7O19P3S. The first-order valence-corrected chi connectivity index (χ1v) is 21.9. The van der Waals surface area contributed by atoms with Crippen LogP contribution < -0.4 is 16.4 Å². The predicted molar refractivity (Wildman–Crippen MR) is 193 cm³/mol. The van der Waals surface area contributed by atoms with Gasteiger partial charge in [0, 0.05) is 37.1 Å². The van der Waals surface area contributed by atoms with Crippen LogP contribution in [-0.2, 0) is 55.5 Å². The highest BCUT2D eigenvalue weighted by Gasteiger charge is 2.50. The maximum atomic E-state index is 13.0. The fourth-order valence-electron chi connectivity index (χ4n) is 4.88. The highest BCUT2D eigenvalue weighted by Crippen LogP contribution is 2.61. The summed E-state index contributed by atoms with van der Waals surface area (Å²) in [7, 11) is -16.5. The van der Waals surface area contributed by atoms with Crippen LogP contribution in [0.15, 0.2) is 25.1 Å². The van der Waals surface area contributed by atoms with E-state index in [1.807, 2.05) is 0 Å². The number of phosphoric ester groups is 3. The maximum absolute atomic E-state index is 13.0. The normalized spacial score (nSPS) is 21.7. The number of ether oxygens (including phenoxy) is 1. The van der Waals surface area contributed by atoms with E-state index in [1.54, 1.807) is 0 Å². The van der Waals surface area contributed by atoms with Gasteiger partial charge in [0.2, 0.25) is 16.9 Å². The summed E-state index contributed by atoms with van der Waals surface area (Å²) in [5, 5.41) is 34.3. The lowest BCUT2D eigenvalue weighted by atomic mass is 9.87. The number of carbonyl (C=O) groups is 4. The molecule has 3 rings (SSSR count). The van der Waals surface area contributed by atoms with Crippen molar-refractivity contribution in [3.8, 4) is 0 Å². The quantitative estimate of drug-likeness (QED) is 0.0372. The molecule has 1 saturated heterocycles. The zero-order valence-electron chi connectivity index (χ0n) is 30.3. The number of anilines is 1. The van der Waals surface area contributed by atoms with Gasteiger partial charge in [-0.25, -0.2) is 33.0 Å². The summed E-state index contributed by atoms with van der Waals surface area (Å²) in [5.41, 5.74) is 4.14. The van der Waals surface area contributed by atoms with Crippen LogP contribution in [0.2, 0.25) is 0 Å². The number of aliphatic hydroxyl groups excluding tert-OH is 2. The molecule has 31 heteroatoms. The van der Waals surface area contributed by atoms with Gasteiger partial charge >= 0.3 is 29.4 Å². The van der Waals surface area contributed by atoms with Crippen molar-refractivity contribution in [3.63, 3.8) is 0 Å². The number of fused-ring (bicyclic) bond motifs is 1. The average Bonchev–Trinajstić information content (AvgIpc) is 3.66. The van der Waals surface area contributed by atoms with Crippen molar-refractivity contribution in [2.45, 2.75) is 57.3 Å². The third-order valence-electron chi connectivity index (χ3n) is 7.75. The van der Waals surface area contributed by atoms with Gasteiger partial charge in [0.05, 0.1) is 25.4 Å². The van der Waals surface area contributed by atoms with Crippen molar-refractivity contribution in [1.29, 1.82) is 0 Å². The van der Waals surface area contributed by atoms with Crippen molar-refractivity contribution in [3.05, 3.63) is 25.1 Å². The van der Waals surface area contributed by atoms with Crippen LogP contribution in [0.1, 0.15) is 32.9 Å². The fourth-order valence-corrected chi connectivity index (χ4v) is 8.50. The van der Waals surface area contributed by atoms with Crippen molar-refractivity contribution in [1.82, 2.24) is 30.2 Å². The zero-order valence-corrected chi connectivity index (χ0v) is 33.8. The molecule has 11 N–H and O–H groups in total. The molecule has 1 fully saturated rings. The van der Waals surface area contributed by atoms with Crippen molar-refractivity contribution in [2.75, 3.05) is 37.8 Å². The van der Waals surface area contributed by atoms with Crippen molar-refractivity contribution >= 4 is 75.1 Å². The van der Waals surface area contributed by atoms with E-state index >= 15 is 0 Å². The Morgan fingerprint density at radius 3 is 2.36 bits per heavy atom. The van der Waals surface area contributed by atoms with Crippen LogP contribution in [0.4, 0.5) is 10.2 Å². The molecule has 0 aromatic carbocycles. The van der Waals surface area contributed by atoms with Gasteiger partial charge in [-0.1, -0.05) is 32.2 Å². The van der Waals surface area contributed by atoms with Crippen molar-refractivity contribution < 1.29 is 94.8 Å².